The predicted octanol–water partition coefficient (Wildman–Crippen LogP) is 4.03. The van der Waals surface area contributed by atoms with Crippen LogP contribution in [0.4, 0.5) is 0 Å². The van der Waals surface area contributed by atoms with Gasteiger partial charge in [-0.2, -0.15) is 0 Å². The van der Waals surface area contributed by atoms with Crippen molar-refractivity contribution in [2.24, 2.45) is 0 Å². The van der Waals surface area contributed by atoms with Gasteiger partial charge in [-0.25, -0.2) is 0 Å². The number of furan rings is 1. The second-order valence-electron chi connectivity index (χ2n) is 6.12. The van der Waals surface area contributed by atoms with Crippen LogP contribution in [0.5, 0.6) is 5.75 Å². The van der Waals surface area contributed by atoms with Crippen molar-refractivity contribution < 1.29 is 13.9 Å². The Balaban J connectivity index is 2.04. The summed E-state index contributed by atoms with van der Waals surface area (Å²) in [6.45, 7) is 5.97. The number of carbonyl (C=O) groups excluding carboxylic acids is 1. The summed E-state index contributed by atoms with van der Waals surface area (Å²) in [6.07, 6.45) is 7.68. The van der Waals surface area contributed by atoms with Crippen LogP contribution in [0, 0.1) is 0 Å². The quantitative estimate of drug-likeness (QED) is 0.667. The first kappa shape index (κ1) is 16.4. The second kappa shape index (κ2) is 6.95. The number of amides is 1. The summed E-state index contributed by atoms with van der Waals surface area (Å²) < 4.78 is 11.5. The van der Waals surface area contributed by atoms with E-state index in [1.807, 2.05) is 13.0 Å². The lowest BCUT2D eigenvalue weighted by atomic mass is 9.94. The molecule has 1 aromatic carbocycles. The molecule has 1 aliphatic rings. The van der Waals surface area contributed by atoms with Crippen molar-refractivity contribution in [1.29, 1.82) is 0 Å². The van der Waals surface area contributed by atoms with Crippen molar-refractivity contribution in [3.8, 4) is 5.75 Å². The fraction of sp³-hybridized carbons (Fsp3) is 0.350. The average Bonchev–Trinajstić information content (AvgIpc) is 2.96. The zero-order valence-electron chi connectivity index (χ0n) is 14.3. The highest BCUT2D eigenvalue weighted by atomic mass is 16.5. The summed E-state index contributed by atoms with van der Waals surface area (Å²) >= 11 is 0. The lowest BCUT2D eigenvalue weighted by Crippen LogP contribution is -2.20. The first-order chi connectivity index (χ1) is 11.6. The molecule has 0 bridgehead atoms. The summed E-state index contributed by atoms with van der Waals surface area (Å²) in [7, 11) is 1.64. The third-order valence-electron chi connectivity index (χ3n) is 4.47. The summed E-state index contributed by atoms with van der Waals surface area (Å²) in [4.78, 5) is 11.9. The Morgan fingerprint density at radius 1 is 1.38 bits per heavy atom. The third-order valence-corrected chi connectivity index (χ3v) is 4.47. The van der Waals surface area contributed by atoms with Gasteiger partial charge in [0.25, 0.3) is 0 Å². The molecule has 0 radical (unpaired) electrons. The molecule has 3 rings (SSSR count). The van der Waals surface area contributed by atoms with Gasteiger partial charge < -0.3 is 14.5 Å². The van der Waals surface area contributed by atoms with Gasteiger partial charge in [0.15, 0.2) is 0 Å². The van der Waals surface area contributed by atoms with E-state index in [-0.39, 0.29) is 5.91 Å². The molecule has 1 aliphatic carbocycles. The molecule has 0 aliphatic heterocycles. The molecule has 0 unspecified atom stereocenters. The minimum Gasteiger partial charge on any atom is -0.496 e. The highest BCUT2D eigenvalue weighted by molar-refractivity contribution is 5.97. The zero-order valence-corrected chi connectivity index (χ0v) is 14.3. The maximum atomic E-state index is 11.9. The number of aryl methyl sites for hydroxylation is 2. The van der Waals surface area contributed by atoms with Gasteiger partial charge in [0.2, 0.25) is 5.91 Å². The van der Waals surface area contributed by atoms with E-state index in [4.69, 9.17) is 9.15 Å². The molecular formula is C20H23NO3. The van der Waals surface area contributed by atoms with Crippen LogP contribution in [0.15, 0.2) is 35.3 Å². The minimum atomic E-state index is -0.135. The fourth-order valence-electron chi connectivity index (χ4n) is 3.26. The van der Waals surface area contributed by atoms with Crippen molar-refractivity contribution in [3.05, 3.63) is 47.8 Å². The van der Waals surface area contributed by atoms with Gasteiger partial charge in [-0.05, 0) is 37.8 Å². The molecular weight excluding hydrogens is 302 g/mol. The largest absolute Gasteiger partial charge is 0.496 e. The number of nitrogens with one attached hydrogen (secondary N) is 1. The molecule has 4 nitrogen and oxygen atoms in total. The van der Waals surface area contributed by atoms with E-state index in [0.29, 0.717) is 6.54 Å². The van der Waals surface area contributed by atoms with Gasteiger partial charge in [-0.15, -0.1) is 6.58 Å². The smallest absolute Gasteiger partial charge is 0.244 e. The minimum absolute atomic E-state index is 0.135. The van der Waals surface area contributed by atoms with Crippen molar-refractivity contribution in [1.82, 2.24) is 5.32 Å². The molecule has 1 heterocycles. The van der Waals surface area contributed by atoms with Crippen LogP contribution >= 0.6 is 0 Å². The Morgan fingerprint density at radius 3 is 2.92 bits per heavy atom. The number of rotatable bonds is 5. The molecule has 0 saturated carbocycles. The number of hydrogen-bond donors (Lipinski definition) is 1. The number of fused-ring (bicyclic) bond motifs is 3. The lowest BCUT2D eigenvalue weighted by molar-refractivity contribution is -0.116. The Kier molecular flexibility index (Phi) is 4.74. The molecule has 0 atom stereocenters. The maximum Gasteiger partial charge on any atom is 0.244 e. The van der Waals surface area contributed by atoms with Crippen LogP contribution in [0.25, 0.3) is 16.5 Å². The van der Waals surface area contributed by atoms with Crippen molar-refractivity contribution in [2.45, 2.75) is 32.6 Å². The Hall–Kier alpha value is -2.49. The van der Waals surface area contributed by atoms with E-state index >= 15 is 0 Å². The molecule has 1 aromatic heterocycles. The highest BCUT2D eigenvalue weighted by Gasteiger charge is 2.20. The maximum absolute atomic E-state index is 11.9. The van der Waals surface area contributed by atoms with Crippen LogP contribution in [-0.2, 0) is 17.6 Å². The normalized spacial score (nSPS) is 14.3. The first-order valence-corrected chi connectivity index (χ1v) is 8.33. The van der Waals surface area contributed by atoms with Crippen LogP contribution in [0.1, 0.15) is 36.7 Å². The summed E-state index contributed by atoms with van der Waals surface area (Å²) in [6, 6.07) is 4.02. The zero-order chi connectivity index (χ0) is 17.1. The van der Waals surface area contributed by atoms with E-state index in [1.165, 1.54) is 18.4 Å². The predicted molar refractivity (Wildman–Crippen MR) is 96.3 cm³/mol. The van der Waals surface area contributed by atoms with Crippen LogP contribution in [0.3, 0.4) is 0 Å². The van der Waals surface area contributed by atoms with E-state index in [1.54, 1.807) is 19.3 Å². The van der Waals surface area contributed by atoms with Gasteiger partial charge in [0, 0.05) is 41.6 Å². The van der Waals surface area contributed by atoms with E-state index < -0.39 is 0 Å². The standard InChI is InChI=1S/C20H23NO3/c1-4-9-21-20(22)10-13(2)15-11-16-14-7-5-6-8-17(14)24-19(16)12-18(15)23-3/h4,10-12H,1,5-9H2,2-3H3,(H,21,22)/b13-10+. The summed E-state index contributed by atoms with van der Waals surface area (Å²) in [5.74, 6) is 1.68. The molecule has 4 heteroatoms. The number of ether oxygens (including phenoxy) is 1. The van der Waals surface area contributed by atoms with Crippen molar-refractivity contribution in [2.75, 3.05) is 13.7 Å². The van der Waals surface area contributed by atoms with Gasteiger partial charge in [-0.1, -0.05) is 6.08 Å². The van der Waals surface area contributed by atoms with Crippen LogP contribution in [-0.4, -0.2) is 19.6 Å². The van der Waals surface area contributed by atoms with Crippen LogP contribution < -0.4 is 10.1 Å². The lowest BCUT2D eigenvalue weighted by Gasteiger charge is -2.11. The molecule has 24 heavy (non-hydrogen) atoms. The summed E-state index contributed by atoms with van der Waals surface area (Å²) in [5, 5.41) is 3.90. The molecule has 2 aromatic rings. The molecule has 0 spiro atoms. The fourth-order valence-corrected chi connectivity index (χ4v) is 3.26. The molecule has 1 amide bonds. The number of carbonyl (C=O) groups is 1. The first-order valence-electron chi connectivity index (χ1n) is 8.33. The van der Waals surface area contributed by atoms with Gasteiger partial charge in [-0.3, -0.25) is 4.79 Å². The van der Waals surface area contributed by atoms with Crippen LogP contribution in [0.2, 0.25) is 0 Å². The van der Waals surface area contributed by atoms with Gasteiger partial charge in [0.05, 0.1) is 7.11 Å². The monoisotopic (exact) mass is 325 g/mol. The number of methoxy groups -OCH3 is 1. The van der Waals surface area contributed by atoms with Crippen molar-refractivity contribution in [3.63, 3.8) is 0 Å². The number of allylic oxidation sites excluding steroid dienone is 1. The Bertz CT molecular complexity index is 814. The number of hydrogen-bond acceptors (Lipinski definition) is 3. The van der Waals surface area contributed by atoms with E-state index in [0.717, 1.165) is 46.5 Å². The molecule has 0 saturated heterocycles. The van der Waals surface area contributed by atoms with Gasteiger partial charge in [0.1, 0.15) is 17.1 Å². The Morgan fingerprint density at radius 2 is 2.17 bits per heavy atom. The van der Waals surface area contributed by atoms with Crippen molar-refractivity contribution >= 4 is 22.4 Å². The SMILES string of the molecule is C=CCNC(=O)/C=C(\C)c1cc2c3c(oc2cc1OC)CCCC3. The second-order valence-corrected chi connectivity index (χ2v) is 6.12. The molecule has 126 valence electrons. The highest BCUT2D eigenvalue weighted by Crippen LogP contribution is 2.37. The molecule has 1 N–H and O–H groups in total. The Labute approximate surface area is 142 Å². The number of benzene rings is 1. The third kappa shape index (κ3) is 3.09. The summed E-state index contributed by atoms with van der Waals surface area (Å²) in [5.41, 5.74) is 3.96. The average molecular weight is 325 g/mol. The van der Waals surface area contributed by atoms with Gasteiger partial charge >= 0.3 is 0 Å². The topological polar surface area (TPSA) is 51.5 Å². The molecule has 0 fully saturated rings. The van der Waals surface area contributed by atoms with E-state index in [2.05, 4.69) is 18.0 Å². The van der Waals surface area contributed by atoms with E-state index in [9.17, 15) is 4.79 Å².